The number of fused-ring (bicyclic) bond motifs is 1. The van der Waals surface area contributed by atoms with Gasteiger partial charge in [-0.1, -0.05) is 66.7 Å². The van der Waals surface area contributed by atoms with Crippen LogP contribution in [-0.2, 0) is 20.8 Å². The van der Waals surface area contributed by atoms with Crippen molar-refractivity contribution in [1.29, 1.82) is 0 Å². The van der Waals surface area contributed by atoms with Crippen LogP contribution in [0, 0.1) is 0 Å². The molecule has 0 unspecified atom stereocenters. The summed E-state index contributed by atoms with van der Waals surface area (Å²) in [6, 6.07) is 23.6. The molecule has 1 aromatic heterocycles. The number of benzene rings is 3. The summed E-state index contributed by atoms with van der Waals surface area (Å²) in [7, 11) is 0. The van der Waals surface area contributed by atoms with E-state index >= 15 is 0 Å². The molecule has 12 heteroatoms. The second-order valence-electron chi connectivity index (χ2n) is 12.7. The first-order chi connectivity index (χ1) is 23.3. The molecule has 3 atom stereocenters. The number of carbonyl (C=O) groups is 5. The van der Waals surface area contributed by atoms with Gasteiger partial charge in [-0.25, -0.2) is 4.98 Å². The number of ether oxygens (including phenoxy) is 1. The van der Waals surface area contributed by atoms with Gasteiger partial charge in [-0.05, 0) is 57.0 Å². The second kappa shape index (κ2) is 16.4. The number of aromatic nitrogens is 1. The number of rotatable bonds is 14. The van der Waals surface area contributed by atoms with Crippen molar-refractivity contribution in [3.05, 3.63) is 108 Å². The summed E-state index contributed by atoms with van der Waals surface area (Å²) in [4.78, 5) is 69.0. The second-order valence-corrected chi connectivity index (χ2v) is 12.7. The topological polar surface area (TPSA) is 182 Å². The summed E-state index contributed by atoms with van der Waals surface area (Å²) in [5.74, 6) is -2.61. The monoisotopic (exact) mass is 666 g/mol. The zero-order valence-corrected chi connectivity index (χ0v) is 28.0. The van der Waals surface area contributed by atoms with Gasteiger partial charge >= 0.3 is 0 Å². The molecule has 0 aliphatic rings. The minimum Gasteiger partial charge on any atom is -0.491 e. The van der Waals surface area contributed by atoms with Gasteiger partial charge in [0.1, 0.15) is 24.1 Å². The number of carbonyl (C=O) groups excluding carboxylic acids is 5. The standard InChI is InChI=1S/C37H42N6O6/c1-23(44)39-31(22-49-32-17-11-9-15-26(32)34(46)43-37(2,3)4)29(20-24-12-6-5-7-13-24)41-36(48)30(21-33(38)45)42-35(47)28-19-18-25-14-8-10-16-27(25)40-28/h5-19,29-31H,20-22H2,1-4H3,(H2,38,45)(H,39,44)(H,41,48)(H,42,47)(H,43,46)/t29-,30-,31+/m0/s1. The van der Waals surface area contributed by atoms with E-state index < -0.39 is 47.8 Å². The van der Waals surface area contributed by atoms with E-state index in [0.29, 0.717) is 11.1 Å². The van der Waals surface area contributed by atoms with E-state index in [9.17, 15) is 24.0 Å². The third-order valence-corrected chi connectivity index (χ3v) is 7.40. The molecule has 4 rings (SSSR count). The molecule has 49 heavy (non-hydrogen) atoms. The van der Waals surface area contributed by atoms with E-state index in [0.717, 1.165) is 10.9 Å². The van der Waals surface area contributed by atoms with Crippen LogP contribution in [-0.4, -0.2) is 64.8 Å². The number of pyridine rings is 1. The van der Waals surface area contributed by atoms with Crippen LogP contribution < -0.4 is 31.7 Å². The van der Waals surface area contributed by atoms with Gasteiger partial charge in [0, 0.05) is 17.8 Å². The highest BCUT2D eigenvalue weighted by atomic mass is 16.5. The molecule has 1 heterocycles. The van der Waals surface area contributed by atoms with Crippen molar-refractivity contribution < 1.29 is 28.7 Å². The van der Waals surface area contributed by atoms with E-state index in [1.807, 2.05) is 63.2 Å². The highest BCUT2D eigenvalue weighted by Crippen LogP contribution is 2.20. The Balaban J connectivity index is 1.60. The molecule has 3 aromatic carbocycles. The average molecular weight is 667 g/mol. The number of hydrogen-bond acceptors (Lipinski definition) is 7. The minimum atomic E-state index is -1.35. The normalized spacial score (nSPS) is 13.0. The smallest absolute Gasteiger partial charge is 0.270 e. The van der Waals surface area contributed by atoms with E-state index in [2.05, 4.69) is 26.3 Å². The summed E-state index contributed by atoms with van der Waals surface area (Å²) in [5, 5.41) is 12.1. The molecule has 5 amide bonds. The molecule has 6 N–H and O–H groups in total. The van der Waals surface area contributed by atoms with Crippen LogP contribution in [0.15, 0.2) is 91.0 Å². The fourth-order valence-electron chi connectivity index (χ4n) is 5.17. The summed E-state index contributed by atoms with van der Waals surface area (Å²) >= 11 is 0. The van der Waals surface area contributed by atoms with Crippen LogP contribution in [0.3, 0.4) is 0 Å². The third-order valence-electron chi connectivity index (χ3n) is 7.40. The molecule has 0 spiro atoms. The molecular weight excluding hydrogens is 624 g/mol. The van der Waals surface area contributed by atoms with Crippen molar-refractivity contribution in [3.63, 3.8) is 0 Å². The lowest BCUT2D eigenvalue weighted by Crippen LogP contribution is -2.59. The first-order valence-electron chi connectivity index (χ1n) is 15.9. The summed E-state index contributed by atoms with van der Waals surface area (Å²) in [6.45, 7) is 6.80. The maximum Gasteiger partial charge on any atom is 0.270 e. The van der Waals surface area contributed by atoms with Crippen molar-refractivity contribution in [2.24, 2.45) is 5.73 Å². The molecule has 0 bridgehead atoms. The van der Waals surface area contributed by atoms with Crippen molar-refractivity contribution in [3.8, 4) is 5.75 Å². The van der Waals surface area contributed by atoms with Crippen LogP contribution in [0.1, 0.15) is 60.5 Å². The number of amides is 5. The Morgan fingerprint density at radius 2 is 1.45 bits per heavy atom. The number of primary amides is 1. The maximum atomic E-state index is 13.8. The number of hydrogen-bond donors (Lipinski definition) is 5. The van der Waals surface area contributed by atoms with Gasteiger partial charge in [-0.3, -0.25) is 24.0 Å². The molecule has 0 radical (unpaired) electrons. The minimum absolute atomic E-state index is 0.0560. The third kappa shape index (κ3) is 10.9. The highest BCUT2D eigenvalue weighted by molar-refractivity contribution is 5.99. The van der Waals surface area contributed by atoms with E-state index in [1.165, 1.54) is 13.0 Å². The molecule has 0 fully saturated rings. The first-order valence-corrected chi connectivity index (χ1v) is 15.9. The molecular formula is C37H42N6O6. The Bertz CT molecular complexity index is 1810. The maximum absolute atomic E-state index is 13.8. The zero-order chi connectivity index (χ0) is 35.6. The molecule has 0 aliphatic carbocycles. The van der Waals surface area contributed by atoms with E-state index in [4.69, 9.17) is 10.5 Å². The number of nitrogens with two attached hydrogens (primary N) is 1. The van der Waals surface area contributed by atoms with E-state index in [1.54, 1.807) is 42.5 Å². The molecule has 256 valence electrons. The van der Waals surface area contributed by atoms with Gasteiger partial charge in [0.25, 0.3) is 11.8 Å². The predicted molar refractivity (Wildman–Crippen MR) is 186 cm³/mol. The lowest BCUT2D eigenvalue weighted by atomic mass is 9.98. The Hall–Kier alpha value is -5.78. The lowest BCUT2D eigenvalue weighted by molar-refractivity contribution is -0.128. The van der Waals surface area contributed by atoms with Crippen molar-refractivity contribution >= 4 is 40.4 Å². The van der Waals surface area contributed by atoms with Crippen LogP contribution in [0.5, 0.6) is 5.75 Å². The SMILES string of the molecule is CC(=O)N[C@H](COc1ccccc1C(=O)NC(C)(C)C)[C@H](Cc1ccccc1)NC(=O)[C@H](CC(N)=O)NC(=O)c1ccc2ccccc2n1. The summed E-state index contributed by atoms with van der Waals surface area (Å²) in [6.07, 6.45) is -0.239. The number of nitrogens with one attached hydrogen (secondary N) is 4. The Kier molecular flexibility index (Phi) is 12.0. The zero-order valence-electron chi connectivity index (χ0n) is 28.0. The van der Waals surface area contributed by atoms with Gasteiger partial charge in [-0.2, -0.15) is 0 Å². The fraction of sp³-hybridized carbons (Fsp3) is 0.297. The largest absolute Gasteiger partial charge is 0.491 e. The predicted octanol–water partition coefficient (Wildman–Crippen LogP) is 3.05. The number of nitrogens with zero attached hydrogens (tertiary/aromatic N) is 1. The molecule has 0 saturated carbocycles. The van der Waals surface area contributed by atoms with Gasteiger partial charge in [-0.15, -0.1) is 0 Å². The van der Waals surface area contributed by atoms with Gasteiger partial charge in [0.2, 0.25) is 17.7 Å². The van der Waals surface area contributed by atoms with Crippen molar-refractivity contribution in [2.45, 2.75) is 64.2 Å². The highest BCUT2D eigenvalue weighted by Gasteiger charge is 2.31. The summed E-state index contributed by atoms with van der Waals surface area (Å²) < 4.78 is 6.14. The Morgan fingerprint density at radius 1 is 0.776 bits per heavy atom. The van der Waals surface area contributed by atoms with Gasteiger partial charge < -0.3 is 31.7 Å². The van der Waals surface area contributed by atoms with Crippen LogP contribution in [0.4, 0.5) is 0 Å². The Morgan fingerprint density at radius 3 is 2.14 bits per heavy atom. The number of para-hydroxylation sites is 2. The molecule has 0 saturated heterocycles. The molecule has 4 aromatic rings. The van der Waals surface area contributed by atoms with Crippen LogP contribution >= 0.6 is 0 Å². The Labute approximate surface area is 285 Å². The fourth-order valence-corrected chi connectivity index (χ4v) is 5.17. The van der Waals surface area contributed by atoms with Crippen molar-refractivity contribution in [2.75, 3.05) is 6.61 Å². The quantitative estimate of drug-likeness (QED) is 0.137. The van der Waals surface area contributed by atoms with E-state index in [-0.39, 0.29) is 36.3 Å². The van der Waals surface area contributed by atoms with Gasteiger partial charge in [0.05, 0.1) is 29.6 Å². The first kappa shape index (κ1) is 36.1. The lowest BCUT2D eigenvalue weighted by Gasteiger charge is -2.30. The summed E-state index contributed by atoms with van der Waals surface area (Å²) in [5.41, 5.74) is 6.78. The molecule has 0 aliphatic heterocycles. The van der Waals surface area contributed by atoms with Crippen LogP contribution in [0.2, 0.25) is 0 Å². The van der Waals surface area contributed by atoms with Crippen molar-refractivity contribution in [1.82, 2.24) is 26.3 Å². The average Bonchev–Trinajstić information content (AvgIpc) is 3.05. The van der Waals surface area contributed by atoms with Crippen LogP contribution in [0.25, 0.3) is 10.9 Å². The van der Waals surface area contributed by atoms with Gasteiger partial charge in [0.15, 0.2) is 0 Å². The molecule has 12 nitrogen and oxygen atoms in total.